The van der Waals surface area contributed by atoms with Crippen LogP contribution in [0.2, 0.25) is 0 Å². The first-order valence-corrected chi connectivity index (χ1v) is 6.04. The highest BCUT2D eigenvalue weighted by Crippen LogP contribution is 2.23. The van der Waals surface area contributed by atoms with E-state index in [4.69, 9.17) is 0 Å². The summed E-state index contributed by atoms with van der Waals surface area (Å²) in [7, 11) is 1.66. The van der Waals surface area contributed by atoms with E-state index in [0.717, 1.165) is 4.88 Å². The molecule has 0 spiro atoms. The van der Waals surface area contributed by atoms with Gasteiger partial charge in [0.25, 0.3) is 0 Å². The molecule has 0 bridgehead atoms. The molecule has 2 rings (SSSR count). The molecule has 0 saturated heterocycles. The highest BCUT2D eigenvalue weighted by molar-refractivity contribution is 7.09. The average molecular weight is 265 g/mol. The zero-order valence-corrected chi connectivity index (χ0v) is 10.4. The Morgan fingerprint density at radius 3 is 3.00 bits per heavy atom. The molecule has 8 heteroatoms. The molecule has 0 aliphatic heterocycles. The molecule has 18 heavy (non-hydrogen) atoms. The lowest BCUT2D eigenvalue weighted by atomic mass is 10.4. The molecule has 0 aliphatic carbocycles. The molecule has 0 saturated carbocycles. The Kier molecular flexibility index (Phi) is 3.68. The van der Waals surface area contributed by atoms with Crippen molar-refractivity contribution in [2.75, 3.05) is 17.7 Å². The number of anilines is 2. The van der Waals surface area contributed by atoms with Crippen molar-refractivity contribution in [3.05, 3.63) is 38.7 Å². The van der Waals surface area contributed by atoms with Gasteiger partial charge in [-0.05, 0) is 11.4 Å². The molecule has 0 fully saturated rings. The molecular weight excluding hydrogens is 254 g/mol. The standard InChI is InChI=1S/C10H11N5O2S/c1-11-10-13-6-8(15(16)17)9(14-10)12-5-7-3-2-4-18-7/h2-4,6H,5H2,1H3,(H2,11,12,13,14). The van der Waals surface area contributed by atoms with Crippen LogP contribution in [0.25, 0.3) is 0 Å². The van der Waals surface area contributed by atoms with E-state index in [1.807, 2.05) is 17.5 Å². The zero-order chi connectivity index (χ0) is 13.0. The van der Waals surface area contributed by atoms with Gasteiger partial charge in [0, 0.05) is 11.9 Å². The summed E-state index contributed by atoms with van der Waals surface area (Å²) in [4.78, 5) is 19.3. The Labute approximate surface area is 107 Å². The molecule has 0 aliphatic rings. The summed E-state index contributed by atoms with van der Waals surface area (Å²) in [5.74, 6) is 0.557. The SMILES string of the molecule is CNc1ncc([N+](=O)[O-])c(NCc2cccs2)n1. The van der Waals surface area contributed by atoms with Crippen LogP contribution in [0.15, 0.2) is 23.7 Å². The van der Waals surface area contributed by atoms with E-state index in [1.54, 1.807) is 18.4 Å². The first-order valence-electron chi connectivity index (χ1n) is 5.16. The Morgan fingerprint density at radius 1 is 1.56 bits per heavy atom. The third kappa shape index (κ3) is 2.72. The highest BCUT2D eigenvalue weighted by Gasteiger charge is 2.16. The maximum absolute atomic E-state index is 10.9. The summed E-state index contributed by atoms with van der Waals surface area (Å²) in [6, 6.07) is 3.87. The van der Waals surface area contributed by atoms with Crippen LogP contribution in [0.1, 0.15) is 4.88 Å². The second-order valence-electron chi connectivity index (χ2n) is 3.37. The summed E-state index contributed by atoms with van der Waals surface area (Å²) in [5.41, 5.74) is -0.134. The number of nitro groups is 1. The van der Waals surface area contributed by atoms with Crippen LogP contribution in [0.5, 0.6) is 0 Å². The van der Waals surface area contributed by atoms with Gasteiger partial charge in [0.2, 0.25) is 11.8 Å². The highest BCUT2D eigenvalue weighted by atomic mass is 32.1. The number of aromatic nitrogens is 2. The van der Waals surface area contributed by atoms with E-state index in [1.165, 1.54) is 6.20 Å². The lowest BCUT2D eigenvalue weighted by Gasteiger charge is -2.06. The Hall–Kier alpha value is -2.22. The van der Waals surface area contributed by atoms with Gasteiger partial charge in [-0.25, -0.2) is 4.98 Å². The summed E-state index contributed by atoms with van der Waals surface area (Å²) < 4.78 is 0. The summed E-state index contributed by atoms with van der Waals surface area (Å²) in [6.07, 6.45) is 1.19. The third-order valence-electron chi connectivity index (χ3n) is 2.20. The Bertz CT molecular complexity index is 543. The molecule has 2 heterocycles. The number of hydrogen-bond acceptors (Lipinski definition) is 7. The van der Waals surface area contributed by atoms with Crippen LogP contribution >= 0.6 is 11.3 Å². The van der Waals surface area contributed by atoms with Crippen LogP contribution in [0, 0.1) is 10.1 Å². The van der Waals surface area contributed by atoms with Gasteiger partial charge in [0.05, 0.1) is 11.5 Å². The lowest BCUT2D eigenvalue weighted by molar-refractivity contribution is -0.384. The summed E-state index contributed by atoms with van der Waals surface area (Å²) in [5, 5.41) is 18.5. The lowest BCUT2D eigenvalue weighted by Crippen LogP contribution is -2.07. The van der Waals surface area contributed by atoms with Gasteiger partial charge in [-0.2, -0.15) is 4.98 Å². The minimum atomic E-state index is -0.504. The van der Waals surface area contributed by atoms with Crippen LogP contribution in [-0.4, -0.2) is 21.9 Å². The number of rotatable bonds is 5. The van der Waals surface area contributed by atoms with E-state index in [2.05, 4.69) is 20.6 Å². The zero-order valence-electron chi connectivity index (χ0n) is 9.58. The second kappa shape index (κ2) is 5.41. The molecular formula is C10H11N5O2S. The van der Waals surface area contributed by atoms with Crippen molar-refractivity contribution in [3.8, 4) is 0 Å². The predicted molar refractivity (Wildman–Crippen MR) is 69.9 cm³/mol. The Morgan fingerprint density at radius 2 is 2.39 bits per heavy atom. The fourth-order valence-corrected chi connectivity index (χ4v) is 1.99. The summed E-state index contributed by atoms with van der Waals surface area (Å²) in [6.45, 7) is 0.499. The van der Waals surface area contributed by atoms with E-state index >= 15 is 0 Å². The van der Waals surface area contributed by atoms with Crippen LogP contribution in [0.4, 0.5) is 17.5 Å². The van der Waals surface area contributed by atoms with Gasteiger partial charge in [-0.1, -0.05) is 6.07 Å². The van der Waals surface area contributed by atoms with Gasteiger partial charge in [-0.15, -0.1) is 11.3 Å². The minimum absolute atomic E-state index is 0.134. The number of nitrogens with one attached hydrogen (secondary N) is 2. The van der Waals surface area contributed by atoms with Crippen molar-refractivity contribution in [2.24, 2.45) is 0 Å². The molecule has 0 amide bonds. The fraction of sp³-hybridized carbons (Fsp3) is 0.200. The summed E-state index contributed by atoms with van der Waals surface area (Å²) >= 11 is 1.57. The van der Waals surface area contributed by atoms with Crippen LogP contribution < -0.4 is 10.6 Å². The molecule has 2 aromatic rings. The van der Waals surface area contributed by atoms with Crippen molar-refractivity contribution in [1.29, 1.82) is 0 Å². The van der Waals surface area contributed by atoms with E-state index < -0.39 is 4.92 Å². The minimum Gasteiger partial charge on any atom is -0.359 e. The smallest absolute Gasteiger partial charge is 0.329 e. The Balaban J connectivity index is 2.20. The van der Waals surface area contributed by atoms with E-state index in [0.29, 0.717) is 12.5 Å². The number of hydrogen-bond donors (Lipinski definition) is 2. The van der Waals surface area contributed by atoms with E-state index in [-0.39, 0.29) is 11.5 Å². The monoisotopic (exact) mass is 265 g/mol. The molecule has 0 atom stereocenters. The quantitative estimate of drug-likeness (QED) is 0.635. The van der Waals surface area contributed by atoms with Crippen molar-refractivity contribution in [2.45, 2.75) is 6.54 Å². The molecule has 0 unspecified atom stereocenters. The van der Waals surface area contributed by atoms with Gasteiger partial charge in [0.1, 0.15) is 6.20 Å². The van der Waals surface area contributed by atoms with Gasteiger partial charge in [-0.3, -0.25) is 10.1 Å². The largest absolute Gasteiger partial charge is 0.359 e. The first-order chi connectivity index (χ1) is 8.70. The molecule has 0 radical (unpaired) electrons. The number of nitrogens with zero attached hydrogens (tertiary/aromatic N) is 3. The fourth-order valence-electron chi connectivity index (χ4n) is 1.34. The average Bonchev–Trinajstić information content (AvgIpc) is 2.88. The van der Waals surface area contributed by atoms with Gasteiger partial charge < -0.3 is 10.6 Å². The normalized spacial score (nSPS) is 10.1. The molecule has 7 nitrogen and oxygen atoms in total. The second-order valence-corrected chi connectivity index (χ2v) is 4.40. The third-order valence-corrected chi connectivity index (χ3v) is 3.08. The predicted octanol–water partition coefficient (Wildman–Crippen LogP) is 2.10. The maximum Gasteiger partial charge on any atom is 0.329 e. The molecule has 94 valence electrons. The van der Waals surface area contributed by atoms with Crippen molar-refractivity contribution >= 4 is 28.8 Å². The molecule has 2 aromatic heterocycles. The molecule has 2 N–H and O–H groups in total. The van der Waals surface area contributed by atoms with Gasteiger partial charge in [0.15, 0.2) is 0 Å². The van der Waals surface area contributed by atoms with Crippen LogP contribution in [-0.2, 0) is 6.54 Å². The van der Waals surface area contributed by atoms with Gasteiger partial charge >= 0.3 is 5.69 Å². The number of thiophene rings is 1. The van der Waals surface area contributed by atoms with Crippen molar-refractivity contribution in [3.63, 3.8) is 0 Å². The maximum atomic E-state index is 10.9. The first kappa shape index (κ1) is 12.2. The van der Waals surface area contributed by atoms with Crippen LogP contribution in [0.3, 0.4) is 0 Å². The van der Waals surface area contributed by atoms with Crippen molar-refractivity contribution < 1.29 is 4.92 Å². The van der Waals surface area contributed by atoms with Crippen molar-refractivity contribution in [1.82, 2.24) is 9.97 Å². The molecule has 0 aromatic carbocycles. The topological polar surface area (TPSA) is 93.0 Å². The van der Waals surface area contributed by atoms with E-state index in [9.17, 15) is 10.1 Å².